The molecule has 1 aromatic heterocycles. The molecule has 0 saturated carbocycles. The van der Waals surface area contributed by atoms with Gasteiger partial charge in [-0.15, -0.1) is 0 Å². The van der Waals surface area contributed by atoms with E-state index in [2.05, 4.69) is 10.4 Å². The molecule has 1 atom stereocenters. The molecule has 0 aliphatic carbocycles. The topological polar surface area (TPSA) is 56.2 Å². The molecule has 0 aromatic carbocycles. The van der Waals surface area contributed by atoms with Gasteiger partial charge in [-0.25, -0.2) is 4.68 Å². The molecule has 2 aliphatic heterocycles. The van der Waals surface area contributed by atoms with E-state index in [1.54, 1.807) is 10.7 Å². The van der Waals surface area contributed by atoms with Crippen molar-refractivity contribution in [2.45, 2.75) is 38.5 Å². The summed E-state index contributed by atoms with van der Waals surface area (Å²) in [6.07, 6.45) is 3.20. The summed E-state index contributed by atoms with van der Waals surface area (Å²) < 4.78 is 7.11. The number of hydrogen-bond donors (Lipinski definition) is 1. The van der Waals surface area contributed by atoms with E-state index in [0.29, 0.717) is 6.54 Å². The van der Waals surface area contributed by atoms with Crippen molar-refractivity contribution >= 4 is 0 Å². The molecule has 5 heteroatoms. The van der Waals surface area contributed by atoms with Crippen LogP contribution in [0.25, 0.3) is 0 Å². The van der Waals surface area contributed by atoms with Crippen LogP contribution in [0.5, 0.6) is 0 Å². The first-order valence-electron chi connectivity index (χ1n) is 6.25. The summed E-state index contributed by atoms with van der Waals surface area (Å²) >= 11 is 0. The summed E-state index contributed by atoms with van der Waals surface area (Å²) in [4.78, 5) is 11.9. The third-order valence-corrected chi connectivity index (χ3v) is 3.42. The Balaban J connectivity index is 1.85. The van der Waals surface area contributed by atoms with Gasteiger partial charge in [0, 0.05) is 32.2 Å². The lowest BCUT2D eigenvalue weighted by atomic mass is 10.1. The first-order valence-corrected chi connectivity index (χ1v) is 6.25. The fourth-order valence-corrected chi connectivity index (χ4v) is 2.47. The van der Waals surface area contributed by atoms with Crippen molar-refractivity contribution < 1.29 is 4.74 Å². The highest BCUT2D eigenvalue weighted by molar-refractivity contribution is 5.20. The second-order valence-corrected chi connectivity index (χ2v) is 4.70. The molecule has 1 aromatic rings. The Morgan fingerprint density at radius 3 is 3.35 bits per heavy atom. The summed E-state index contributed by atoms with van der Waals surface area (Å²) in [6.45, 7) is 3.12. The molecular formula is C12H17N3O2. The zero-order valence-corrected chi connectivity index (χ0v) is 9.82. The molecule has 0 bridgehead atoms. The Bertz CT molecular complexity index is 463. The molecule has 0 amide bonds. The molecule has 1 N–H and O–H groups in total. The summed E-state index contributed by atoms with van der Waals surface area (Å²) in [6, 6.07) is 1.71. The molecule has 5 nitrogen and oxygen atoms in total. The maximum Gasteiger partial charge on any atom is 0.267 e. The summed E-state index contributed by atoms with van der Waals surface area (Å²) in [5.74, 6) is 0. The van der Waals surface area contributed by atoms with Gasteiger partial charge >= 0.3 is 0 Å². The van der Waals surface area contributed by atoms with Crippen LogP contribution in [0.15, 0.2) is 10.9 Å². The molecular weight excluding hydrogens is 218 g/mol. The molecule has 3 rings (SSSR count). The highest BCUT2D eigenvalue weighted by atomic mass is 16.5. The molecule has 2 aliphatic rings. The molecule has 17 heavy (non-hydrogen) atoms. The fourth-order valence-electron chi connectivity index (χ4n) is 2.47. The number of nitrogens with zero attached hydrogens (tertiary/aromatic N) is 2. The van der Waals surface area contributed by atoms with Crippen molar-refractivity contribution in [2.75, 3.05) is 13.2 Å². The summed E-state index contributed by atoms with van der Waals surface area (Å²) in [5, 5.41) is 7.71. The minimum atomic E-state index is -0.0112. The monoisotopic (exact) mass is 235 g/mol. The minimum absolute atomic E-state index is 0.0112. The predicted molar refractivity (Wildman–Crippen MR) is 62.9 cm³/mol. The molecule has 1 fully saturated rings. The van der Waals surface area contributed by atoms with Crippen LogP contribution in [0.4, 0.5) is 0 Å². The third-order valence-electron chi connectivity index (χ3n) is 3.42. The maximum absolute atomic E-state index is 11.9. The van der Waals surface area contributed by atoms with Crippen molar-refractivity contribution in [1.82, 2.24) is 15.1 Å². The van der Waals surface area contributed by atoms with E-state index >= 15 is 0 Å². The fraction of sp³-hybridized carbons (Fsp3) is 0.667. The van der Waals surface area contributed by atoms with Gasteiger partial charge < -0.3 is 10.1 Å². The van der Waals surface area contributed by atoms with Crippen molar-refractivity contribution in [1.29, 1.82) is 0 Å². The number of nitrogens with one attached hydrogen (secondary N) is 1. The average Bonchev–Trinajstić information content (AvgIpc) is 2.83. The van der Waals surface area contributed by atoms with Gasteiger partial charge in [-0.3, -0.25) is 4.79 Å². The van der Waals surface area contributed by atoms with Crippen LogP contribution in [-0.2, 0) is 24.2 Å². The van der Waals surface area contributed by atoms with E-state index in [1.807, 2.05) is 0 Å². The Kier molecular flexibility index (Phi) is 2.94. The van der Waals surface area contributed by atoms with E-state index in [4.69, 9.17) is 4.74 Å². The molecule has 1 saturated heterocycles. The lowest BCUT2D eigenvalue weighted by molar-refractivity contribution is 0.0924. The second kappa shape index (κ2) is 4.58. The lowest BCUT2D eigenvalue weighted by Gasteiger charge is -2.18. The van der Waals surface area contributed by atoms with Crippen molar-refractivity contribution in [3.63, 3.8) is 0 Å². The van der Waals surface area contributed by atoms with Crippen LogP contribution in [0.2, 0.25) is 0 Å². The number of aromatic nitrogens is 2. The number of fused-ring (bicyclic) bond motifs is 1. The van der Waals surface area contributed by atoms with Crippen LogP contribution >= 0.6 is 0 Å². The van der Waals surface area contributed by atoms with Crippen LogP contribution < -0.4 is 10.9 Å². The predicted octanol–water partition coefficient (Wildman–Crippen LogP) is 0.0680. The van der Waals surface area contributed by atoms with Crippen LogP contribution in [-0.4, -0.2) is 29.0 Å². The van der Waals surface area contributed by atoms with Gasteiger partial charge in [0.05, 0.1) is 18.3 Å². The smallest absolute Gasteiger partial charge is 0.267 e. The van der Waals surface area contributed by atoms with Gasteiger partial charge in [-0.2, -0.15) is 5.10 Å². The highest BCUT2D eigenvalue weighted by Crippen LogP contribution is 2.13. The lowest BCUT2D eigenvalue weighted by Crippen LogP contribution is -2.33. The minimum Gasteiger partial charge on any atom is -0.376 e. The second-order valence-electron chi connectivity index (χ2n) is 4.70. The van der Waals surface area contributed by atoms with E-state index in [0.717, 1.165) is 50.2 Å². The summed E-state index contributed by atoms with van der Waals surface area (Å²) in [5.41, 5.74) is 2.09. The third kappa shape index (κ3) is 2.25. The summed E-state index contributed by atoms with van der Waals surface area (Å²) in [7, 11) is 0. The standard InChI is InChI=1S/C12H17N3O2/c16-12-6-9-7-13-4-3-11(9)14-15(12)8-10-2-1-5-17-10/h6,10,13H,1-5,7-8H2/t10-/m1/s1. The zero-order chi connectivity index (χ0) is 11.7. The van der Waals surface area contributed by atoms with E-state index in [9.17, 15) is 4.79 Å². The largest absolute Gasteiger partial charge is 0.376 e. The Labute approximate surface area is 99.8 Å². The van der Waals surface area contributed by atoms with Gasteiger partial charge in [0.25, 0.3) is 5.56 Å². The van der Waals surface area contributed by atoms with Gasteiger partial charge in [-0.05, 0) is 18.4 Å². The van der Waals surface area contributed by atoms with E-state index in [1.165, 1.54) is 0 Å². The normalized spacial score (nSPS) is 23.6. The first-order chi connectivity index (χ1) is 8.33. The molecule has 3 heterocycles. The van der Waals surface area contributed by atoms with E-state index < -0.39 is 0 Å². The van der Waals surface area contributed by atoms with Crippen LogP contribution in [0.3, 0.4) is 0 Å². The van der Waals surface area contributed by atoms with Crippen molar-refractivity contribution in [2.24, 2.45) is 0 Å². The zero-order valence-electron chi connectivity index (χ0n) is 9.82. The van der Waals surface area contributed by atoms with Gasteiger partial charge in [0.1, 0.15) is 0 Å². The Morgan fingerprint density at radius 1 is 1.59 bits per heavy atom. The molecule has 0 spiro atoms. The quantitative estimate of drug-likeness (QED) is 0.788. The van der Waals surface area contributed by atoms with Gasteiger partial charge in [-0.1, -0.05) is 0 Å². The van der Waals surface area contributed by atoms with Crippen molar-refractivity contribution in [3.8, 4) is 0 Å². The van der Waals surface area contributed by atoms with E-state index in [-0.39, 0.29) is 11.7 Å². The first kappa shape index (κ1) is 10.9. The number of ether oxygens (including phenoxy) is 1. The number of rotatable bonds is 2. The maximum atomic E-state index is 11.9. The SMILES string of the molecule is O=c1cc2c(nn1C[C@H]1CCCO1)CCNC2. The molecule has 92 valence electrons. The van der Waals surface area contributed by atoms with Gasteiger partial charge in [0.15, 0.2) is 0 Å². The van der Waals surface area contributed by atoms with Crippen molar-refractivity contribution in [3.05, 3.63) is 27.7 Å². The van der Waals surface area contributed by atoms with Crippen LogP contribution in [0, 0.1) is 0 Å². The highest BCUT2D eigenvalue weighted by Gasteiger charge is 2.19. The van der Waals surface area contributed by atoms with Gasteiger partial charge in [0.2, 0.25) is 0 Å². The Hall–Kier alpha value is -1.20. The molecule has 0 radical (unpaired) electrons. The Morgan fingerprint density at radius 2 is 2.53 bits per heavy atom. The average molecular weight is 235 g/mol. The van der Waals surface area contributed by atoms with Crippen LogP contribution in [0.1, 0.15) is 24.1 Å². The molecule has 0 unspecified atom stereocenters. The number of hydrogen-bond acceptors (Lipinski definition) is 4.